The monoisotopic (exact) mass is 406 g/mol. The van der Waals surface area contributed by atoms with Crippen LogP contribution in [0.5, 0.6) is 0 Å². The molecule has 0 amide bonds. The fourth-order valence-corrected chi connectivity index (χ4v) is 28.4. The predicted molar refractivity (Wildman–Crippen MR) is 91.7 cm³/mol. The molecule has 111 valence electrons. The number of fused-ring (bicyclic) bond motifs is 1. The summed E-state index contributed by atoms with van der Waals surface area (Å²) in [6.07, 6.45) is 4.42. The van der Waals surface area contributed by atoms with E-state index in [1.54, 1.807) is 0 Å². The number of allylic oxidation sites excluding steroid dienone is 1. The Morgan fingerprint density at radius 2 is 1.75 bits per heavy atom. The maximum atomic E-state index is 7.32. The number of benzene rings is 1. The molecule has 5 heteroatoms. The Balaban J connectivity index is 2.54. The van der Waals surface area contributed by atoms with Crippen LogP contribution in [-0.2, 0) is 15.8 Å². The van der Waals surface area contributed by atoms with Gasteiger partial charge >= 0.3 is 133 Å². The van der Waals surface area contributed by atoms with Crippen molar-refractivity contribution < 1.29 is 15.8 Å². The summed E-state index contributed by atoms with van der Waals surface area (Å²) >= 11 is -4.07. The SMILES string of the molecule is C[SiH](C)[Zr]([Cl])([Cl])([NH]C(C)(C)C)[CH]1C=Cc2ccccc21. The number of rotatable bonds is 3. The van der Waals surface area contributed by atoms with Crippen molar-refractivity contribution in [3.8, 4) is 0 Å². The van der Waals surface area contributed by atoms with Gasteiger partial charge in [-0.15, -0.1) is 0 Å². The van der Waals surface area contributed by atoms with Gasteiger partial charge in [-0.3, -0.25) is 0 Å². The van der Waals surface area contributed by atoms with Crippen LogP contribution < -0.4 is 3.26 Å². The van der Waals surface area contributed by atoms with Gasteiger partial charge < -0.3 is 0 Å². The van der Waals surface area contributed by atoms with Crippen molar-refractivity contribution in [2.45, 2.75) is 43.0 Å². The molecule has 0 bridgehead atoms. The second-order valence-electron chi connectivity index (χ2n) is 7.15. The standard InChI is InChI=1S/C9H7.C4H10N.C2H7Si.2ClH.Zr/c1-2-5-9-7-3-6-8(9)4-1;1-4(2,3)5;1-3-2;;;/h1-7H;5H,1-3H3;3H,1-2H3;2*1H;/q;-1;;;;+3/p-2. The summed E-state index contributed by atoms with van der Waals surface area (Å²) in [5, 5.41) is 0. The predicted octanol–water partition coefficient (Wildman–Crippen LogP) is 5.04. The van der Waals surface area contributed by atoms with E-state index in [4.69, 9.17) is 17.0 Å². The topological polar surface area (TPSA) is 12.0 Å². The van der Waals surface area contributed by atoms with Crippen LogP contribution in [0, 0.1) is 0 Å². The van der Waals surface area contributed by atoms with Crippen LogP contribution in [0.1, 0.15) is 35.5 Å². The van der Waals surface area contributed by atoms with Crippen LogP contribution in [0.4, 0.5) is 0 Å². The molecule has 0 aromatic heterocycles. The molecular formula is C15H24Cl2NSiZr. The zero-order valence-corrected chi connectivity index (χ0v) is 18.0. The van der Waals surface area contributed by atoms with Crippen molar-refractivity contribution in [2.75, 3.05) is 0 Å². The summed E-state index contributed by atoms with van der Waals surface area (Å²) in [6, 6.07) is 8.48. The summed E-state index contributed by atoms with van der Waals surface area (Å²) in [5.74, 6) is -1.25. The molecule has 0 saturated carbocycles. The average Bonchev–Trinajstić information content (AvgIpc) is 2.70. The fourth-order valence-electron chi connectivity index (χ4n) is 3.01. The summed E-state index contributed by atoms with van der Waals surface area (Å²) < 4.78 is 3.94. The Labute approximate surface area is 131 Å². The number of nitrogens with one attached hydrogen (secondary N) is 1. The molecule has 0 heterocycles. The third-order valence-electron chi connectivity index (χ3n) is 4.04. The van der Waals surface area contributed by atoms with Crippen molar-refractivity contribution in [1.82, 2.24) is 3.26 Å². The minimum absolute atomic E-state index is 0.0581. The molecule has 20 heavy (non-hydrogen) atoms. The molecule has 0 radical (unpaired) electrons. The van der Waals surface area contributed by atoms with E-state index in [2.05, 4.69) is 73.5 Å². The number of halogens is 2. The zero-order chi connectivity index (χ0) is 15.2. The van der Waals surface area contributed by atoms with Crippen LogP contribution in [0.15, 0.2) is 30.3 Å². The van der Waals surface area contributed by atoms with Gasteiger partial charge in [0.2, 0.25) is 0 Å². The van der Waals surface area contributed by atoms with Gasteiger partial charge in [-0.2, -0.15) is 0 Å². The first-order valence-corrected chi connectivity index (χ1v) is 23.3. The van der Waals surface area contributed by atoms with Gasteiger partial charge in [0, 0.05) is 0 Å². The summed E-state index contributed by atoms with van der Waals surface area (Å²) in [5.41, 5.74) is 2.52. The van der Waals surface area contributed by atoms with Gasteiger partial charge in [0.15, 0.2) is 0 Å². The maximum absolute atomic E-state index is 7.32. The Hall–Kier alpha value is 0.600. The molecule has 1 aromatic rings. The van der Waals surface area contributed by atoms with Crippen molar-refractivity contribution in [1.29, 1.82) is 0 Å². The third-order valence-corrected chi connectivity index (χ3v) is 51.2. The van der Waals surface area contributed by atoms with Gasteiger partial charge in [0.25, 0.3) is 0 Å². The molecule has 1 aromatic carbocycles. The Kier molecular flexibility index (Phi) is 4.54. The van der Waals surface area contributed by atoms with Crippen molar-refractivity contribution in [3.05, 3.63) is 41.5 Å². The molecule has 1 nitrogen and oxygen atoms in total. The van der Waals surface area contributed by atoms with E-state index in [1.165, 1.54) is 11.1 Å². The minimum atomic E-state index is -4.07. The first kappa shape index (κ1) is 17.0. The molecule has 0 fully saturated rings. The molecule has 1 aliphatic carbocycles. The van der Waals surface area contributed by atoms with Crippen LogP contribution in [-0.4, -0.2) is 11.5 Å². The Morgan fingerprint density at radius 3 is 2.30 bits per heavy atom. The van der Waals surface area contributed by atoms with Gasteiger partial charge in [0.1, 0.15) is 0 Å². The van der Waals surface area contributed by atoms with E-state index in [9.17, 15) is 0 Å². The van der Waals surface area contributed by atoms with Crippen LogP contribution in [0.3, 0.4) is 0 Å². The first-order chi connectivity index (χ1) is 9.03. The molecule has 1 atom stereocenters. The van der Waals surface area contributed by atoms with E-state index in [-0.39, 0.29) is 9.16 Å². The van der Waals surface area contributed by atoms with Gasteiger partial charge in [-0.25, -0.2) is 0 Å². The van der Waals surface area contributed by atoms with Gasteiger partial charge in [-0.1, -0.05) is 0 Å². The molecular weight excluding hydrogens is 384 g/mol. The second kappa shape index (κ2) is 5.35. The van der Waals surface area contributed by atoms with Crippen LogP contribution >= 0.6 is 17.0 Å². The van der Waals surface area contributed by atoms with Crippen molar-refractivity contribution >= 4 is 29.0 Å². The first-order valence-electron chi connectivity index (χ1n) is 7.18. The average molecular weight is 409 g/mol. The molecule has 2 rings (SSSR count). The van der Waals surface area contributed by atoms with Crippen molar-refractivity contribution in [2.24, 2.45) is 0 Å². The summed E-state index contributed by atoms with van der Waals surface area (Å²) in [7, 11) is 14.6. The number of hydrogen-bond donors (Lipinski definition) is 1. The summed E-state index contributed by atoms with van der Waals surface area (Å²) in [4.78, 5) is 0. The van der Waals surface area contributed by atoms with Gasteiger partial charge in [0.05, 0.1) is 0 Å². The van der Waals surface area contributed by atoms with E-state index >= 15 is 0 Å². The molecule has 0 aliphatic heterocycles. The molecule has 1 N–H and O–H groups in total. The van der Waals surface area contributed by atoms with E-state index in [0.717, 1.165) is 0 Å². The Bertz CT molecular complexity index is 549. The third kappa shape index (κ3) is 3.03. The second-order valence-corrected chi connectivity index (χ2v) is 48.0. The quantitative estimate of drug-likeness (QED) is 0.691. The van der Waals surface area contributed by atoms with Gasteiger partial charge in [-0.05, 0) is 0 Å². The normalized spacial score (nSPS) is 20.8. The van der Waals surface area contributed by atoms with E-state index in [1.807, 2.05) is 0 Å². The van der Waals surface area contributed by atoms with E-state index in [0.29, 0.717) is 0 Å². The van der Waals surface area contributed by atoms with Crippen LogP contribution in [0.2, 0.25) is 13.1 Å². The fraction of sp³-hybridized carbons (Fsp3) is 0.467. The Morgan fingerprint density at radius 1 is 1.15 bits per heavy atom. The van der Waals surface area contributed by atoms with E-state index < -0.39 is 21.8 Å². The van der Waals surface area contributed by atoms with Crippen molar-refractivity contribution in [3.63, 3.8) is 0 Å². The molecule has 0 saturated heterocycles. The molecule has 1 unspecified atom stereocenters. The summed E-state index contributed by atoms with van der Waals surface area (Å²) in [6.45, 7) is 11.1. The molecule has 0 spiro atoms. The molecule has 1 aliphatic rings. The zero-order valence-electron chi connectivity index (χ0n) is 12.9. The van der Waals surface area contributed by atoms with Crippen LogP contribution in [0.25, 0.3) is 6.08 Å². The number of hydrogen-bond acceptors (Lipinski definition) is 1.